The van der Waals surface area contributed by atoms with Crippen molar-refractivity contribution in [3.8, 4) is 0 Å². The van der Waals surface area contributed by atoms with Crippen molar-refractivity contribution < 1.29 is 18.7 Å². The maximum Gasteiger partial charge on any atom is 0.268 e. The van der Waals surface area contributed by atoms with E-state index in [0.29, 0.717) is 36.6 Å². The monoisotopic (exact) mass is 541 g/mol. The number of carbonyl (C=O) groups is 2. The standard InChI is InChI=1S/C33H36FN3O3/c1-32(2,3)25-10-8-23(9-11-25)30(38)36-27-14-15-28-24(18-27)19-29(31(39)35-21-33(4)16-5-17-40-33)37(28)20-22-6-12-26(34)13-7-22/h6-15,18-19H,5,16-17,20-21H2,1-4H3,(H,35,39)(H,36,38)/t33-/m1/s1. The molecule has 2 amide bonds. The lowest BCUT2D eigenvalue weighted by molar-refractivity contribution is 0.0205. The Morgan fingerprint density at radius 2 is 1.70 bits per heavy atom. The maximum atomic E-state index is 13.5. The molecular formula is C33H36FN3O3. The van der Waals surface area contributed by atoms with Gasteiger partial charge in [-0.2, -0.15) is 0 Å². The summed E-state index contributed by atoms with van der Waals surface area (Å²) in [6, 6.07) is 21.3. The first-order chi connectivity index (χ1) is 19.0. The topological polar surface area (TPSA) is 72.4 Å². The van der Waals surface area contributed by atoms with Crippen molar-refractivity contribution in [2.24, 2.45) is 0 Å². The summed E-state index contributed by atoms with van der Waals surface area (Å²) >= 11 is 0. The Morgan fingerprint density at radius 3 is 2.35 bits per heavy atom. The molecule has 40 heavy (non-hydrogen) atoms. The molecule has 1 fully saturated rings. The van der Waals surface area contributed by atoms with Crippen molar-refractivity contribution in [3.63, 3.8) is 0 Å². The van der Waals surface area contributed by atoms with Gasteiger partial charge in [-0.1, -0.05) is 45.0 Å². The van der Waals surface area contributed by atoms with E-state index in [9.17, 15) is 14.0 Å². The molecule has 0 bridgehead atoms. The molecule has 0 aliphatic carbocycles. The highest BCUT2D eigenvalue weighted by molar-refractivity contribution is 6.06. The summed E-state index contributed by atoms with van der Waals surface area (Å²) in [4.78, 5) is 26.4. The molecule has 0 spiro atoms. The third kappa shape index (κ3) is 6.10. The largest absolute Gasteiger partial charge is 0.373 e. The van der Waals surface area contributed by atoms with Crippen LogP contribution in [-0.4, -0.2) is 35.1 Å². The van der Waals surface area contributed by atoms with Crippen LogP contribution in [0.15, 0.2) is 72.8 Å². The summed E-state index contributed by atoms with van der Waals surface area (Å²) in [5.41, 5.74) is 4.20. The van der Waals surface area contributed by atoms with Crippen LogP contribution < -0.4 is 10.6 Å². The number of aromatic nitrogens is 1. The second-order valence-electron chi connectivity index (χ2n) is 11.9. The van der Waals surface area contributed by atoms with Crippen molar-refractivity contribution in [2.75, 3.05) is 18.5 Å². The number of hydrogen-bond acceptors (Lipinski definition) is 3. The van der Waals surface area contributed by atoms with Crippen LogP contribution in [0.5, 0.6) is 0 Å². The Kier molecular flexibility index (Phi) is 7.51. The van der Waals surface area contributed by atoms with E-state index >= 15 is 0 Å². The average molecular weight is 542 g/mol. The minimum atomic E-state index is -0.369. The first kappa shape index (κ1) is 27.6. The molecule has 5 rings (SSSR count). The molecule has 1 aromatic heterocycles. The first-order valence-corrected chi connectivity index (χ1v) is 13.7. The number of nitrogens with zero attached hydrogens (tertiary/aromatic N) is 1. The number of carbonyl (C=O) groups excluding carboxylic acids is 2. The van der Waals surface area contributed by atoms with Crippen LogP contribution in [0.3, 0.4) is 0 Å². The number of ether oxygens (including phenoxy) is 1. The average Bonchev–Trinajstić information content (AvgIpc) is 3.52. The van der Waals surface area contributed by atoms with E-state index in [4.69, 9.17) is 4.74 Å². The van der Waals surface area contributed by atoms with E-state index in [0.717, 1.165) is 34.9 Å². The molecule has 3 aromatic carbocycles. The maximum absolute atomic E-state index is 13.5. The van der Waals surface area contributed by atoms with Crippen LogP contribution >= 0.6 is 0 Å². The molecule has 2 N–H and O–H groups in total. The fourth-order valence-corrected chi connectivity index (χ4v) is 5.14. The summed E-state index contributed by atoms with van der Waals surface area (Å²) in [5, 5.41) is 6.85. The van der Waals surface area contributed by atoms with Gasteiger partial charge in [0.25, 0.3) is 11.8 Å². The van der Waals surface area contributed by atoms with Crippen molar-refractivity contribution in [3.05, 3.63) is 101 Å². The van der Waals surface area contributed by atoms with E-state index in [-0.39, 0.29) is 28.6 Å². The molecule has 4 aromatic rings. The summed E-state index contributed by atoms with van der Waals surface area (Å²) in [6.45, 7) is 9.93. The number of benzene rings is 3. The number of nitrogens with one attached hydrogen (secondary N) is 2. The van der Waals surface area contributed by atoms with Gasteiger partial charge in [-0.25, -0.2) is 4.39 Å². The zero-order valence-electron chi connectivity index (χ0n) is 23.5. The lowest BCUT2D eigenvalue weighted by atomic mass is 9.87. The Hall–Kier alpha value is -3.97. The highest BCUT2D eigenvalue weighted by atomic mass is 19.1. The molecule has 0 saturated carbocycles. The van der Waals surface area contributed by atoms with E-state index in [1.165, 1.54) is 12.1 Å². The number of hydrogen-bond donors (Lipinski definition) is 2. The fourth-order valence-electron chi connectivity index (χ4n) is 5.14. The summed E-state index contributed by atoms with van der Waals surface area (Å²) in [6.07, 6.45) is 1.88. The second-order valence-corrected chi connectivity index (χ2v) is 11.9. The summed E-state index contributed by atoms with van der Waals surface area (Å²) < 4.78 is 21.3. The minimum Gasteiger partial charge on any atom is -0.373 e. The molecule has 1 saturated heterocycles. The van der Waals surface area contributed by atoms with Crippen LogP contribution in [0.4, 0.5) is 10.1 Å². The van der Waals surface area contributed by atoms with Crippen LogP contribution in [0.25, 0.3) is 10.9 Å². The molecule has 0 radical (unpaired) electrons. The van der Waals surface area contributed by atoms with Gasteiger partial charge >= 0.3 is 0 Å². The molecule has 1 aliphatic rings. The Labute approximate surface area is 234 Å². The quantitative estimate of drug-likeness (QED) is 0.274. The number of fused-ring (bicyclic) bond motifs is 1. The van der Waals surface area contributed by atoms with Crippen molar-refractivity contribution in [2.45, 2.75) is 58.1 Å². The Morgan fingerprint density at radius 1 is 0.975 bits per heavy atom. The SMILES string of the molecule is CC(C)(C)c1ccc(C(=O)Nc2ccc3c(c2)cc(C(=O)NC[C@@]2(C)CCCO2)n3Cc2ccc(F)cc2)cc1. The summed E-state index contributed by atoms with van der Waals surface area (Å²) in [7, 11) is 0. The van der Waals surface area contributed by atoms with Gasteiger partial charge in [-0.15, -0.1) is 0 Å². The first-order valence-electron chi connectivity index (χ1n) is 13.7. The minimum absolute atomic E-state index is 0.00689. The van der Waals surface area contributed by atoms with E-state index in [1.54, 1.807) is 12.1 Å². The fraction of sp³-hybridized carbons (Fsp3) is 0.333. The normalized spacial score (nSPS) is 17.2. The number of amides is 2. The van der Waals surface area contributed by atoms with E-state index < -0.39 is 0 Å². The van der Waals surface area contributed by atoms with E-state index in [2.05, 4.69) is 31.4 Å². The third-order valence-electron chi connectivity index (χ3n) is 7.58. The van der Waals surface area contributed by atoms with Crippen molar-refractivity contribution >= 4 is 28.4 Å². The van der Waals surface area contributed by atoms with E-state index in [1.807, 2.05) is 60.0 Å². The second kappa shape index (κ2) is 10.9. The van der Waals surface area contributed by atoms with Crippen LogP contribution in [0, 0.1) is 5.82 Å². The predicted octanol–water partition coefficient (Wildman–Crippen LogP) is 6.68. The molecule has 0 unspecified atom stereocenters. The van der Waals surface area contributed by atoms with Gasteiger partial charge in [-0.05, 0) is 84.8 Å². The zero-order chi connectivity index (χ0) is 28.5. The Bertz CT molecular complexity index is 1530. The zero-order valence-corrected chi connectivity index (χ0v) is 23.5. The van der Waals surface area contributed by atoms with Gasteiger partial charge in [0, 0.05) is 41.9 Å². The molecule has 208 valence electrons. The molecule has 2 heterocycles. The predicted molar refractivity (Wildman–Crippen MR) is 156 cm³/mol. The van der Waals surface area contributed by atoms with Gasteiger partial charge in [0.15, 0.2) is 0 Å². The summed E-state index contributed by atoms with van der Waals surface area (Å²) in [5.74, 6) is -0.717. The van der Waals surface area contributed by atoms with Gasteiger partial charge in [0.05, 0.1) is 5.60 Å². The smallest absolute Gasteiger partial charge is 0.268 e. The number of rotatable bonds is 7. The molecule has 6 nitrogen and oxygen atoms in total. The lowest BCUT2D eigenvalue weighted by Gasteiger charge is -2.23. The molecule has 7 heteroatoms. The van der Waals surface area contributed by atoms with Crippen LogP contribution in [0.1, 0.15) is 72.5 Å². The molecular weight excluding hydrogens is 505 g/mol. The lowest BCUT2D eigenvalue weighted by Crippen LogP contribution is -2.40. The van der Waals surface area contributed by atoms with Crippen LogP contribution in [-0.2, 0) is 16.7 Å². The number of anilines is 1. The third-order valence-corrected chi connectivity index (χ3v) is 7.58. The van der Waals surface area contributed by atoms with Gasteiger partial charge < -0.3 is 19.9 Å². The van der Waals surface area contributed by atoms with Crippen LogP contribution in [0.2, 0.25) is 0 Å². The van der Waals surface area contributed by atoms with Gasteiger partial charge in [-0.3, -0.25) is 9.59 Å². The van der Waals surface area contributed by atoms with Gasteiger partial charge in [0.2, 0.25) is 0 Å². The Balaban J connectivity index is 1.41. The van der Waals surface area contributed by atoms with Crippen molar-refractivity contribution in [1.29, 1.82) is 0 Å². The molecule has 1 aliphatic heterocycles. The number of halogens is 1. The molecule has 1 atom stereocenters. The van der Waals surface area contributed by atoms with Crippen molar-refractivity contribution in [1.82, 2.24) is 9.88 Å². The highest BCUT2D eigenvalue weighted by Gasteiger charge is 2.30. The van der Waals surface area contributed by atoms with Gasteiger partial charge in [0.1, 0.15) is 11.5 Å². The highest BCUT2D eigenvalue weighted by Crippen LogP contribution is 2.28.